The summed E-state index contributed by atoms with van der Waals surface area (Å²) in [5, 5.41) is 52.5. The van der Waals surface area contributed by atoms with Crippen LogP contribution < -0.4 is 15.1 Å². The lowest BCUT2D eigenvalue weighted by Gasteiger charge is -2.43. The Bertz CT molecular complexity index is 1590. The highest BCUT2D eigenvalue weighted by Crippen LogP contribution is 2.45. The van der Waals surface area contributed by atoms with Gasteiger partial charge in [-0.1, -0.05) is 6.07 Å². The molecule has 2 aromatic carbocycles. The van der Waals surface area contributed by atoms with E-state index < -0.39 is 60.6 Å². The van der Waals surface area contributed by atoms with Gasteiger partial charge < -0.3 is 53.6 Å². The number of phenolic OH excluding ortho intramolecular Hbond substituents is 2. The zero-order chi connectivity index (χ0) is 31.1. The summed E-state index contributed by atoms with van der Waals surface area (Å²) in [6.45, 7) is 2.85. The van der Waals surface area contributed by atoms with E-state index >= 15 is 0 Å². The summed E-state index contributed by atoms with van der Waals surface area (Å²) < 4.78 is 33.1. The van der Waals surface area contributed by atoms with Gasteiger partial charge in [0.25, 0.3) is 0 Å². The van der Waals surface area contributed by atoms with Gasteiger partial charge in [0.2, 0.25) is 5.75 Å². The molecule has 43 heavy (non-hydrogen) atoms. The minimum absolute atomic E-state index is 0.0104. The van der Waals surface area contributed by atoms with Crippen LogP contribution in [0.15, 0.2) is 51.7 Å². The molecule has 0 bridgehead atoms. The third kappa shape index (κ3) is 6.17. The van der Waals surface area contributed by atoms with Crippen LogP contribution in [0.2, 0.25) is 0 Å². The molecule has 6 atom stereocenters. The van der Waals surface area contributed by atoms with Gasteiger partial charge in [-0.3, -0.25) is 0 Å². The highest BCUT2D eigenvalue weighted by molar-refractivity contribution is 5.87. The minimum Gasteiger partial charge on any atom is -0.504 e. The Kier molecular flexibility index (Phi) is 8.36. The Morgan fingerprint density at radius 1 is 1.07 bits per heavy atom. The van der Waals surface area contributed by atoms with E-state index in [1.165, 1.54) is 37.5 Å². The number of aliphatic hydroxyl groups excluding tert-OH is 3. The molecule has 5 rings (SSSR count). The largest absolute Gasteiger partial charge is 0.504 e. The molecule has 1 fully saturated rings. The number of ether oxygens (including phenoxy) is 5. The summed E-state index contributed by atoms with van der Waals surface area (Å²) >= 11 is 0. The number of phenols is 2. The summed E-state index contributed by atoms with van der Waals surface area (Å²) in [6, 6.07) is 8.99. The summed E-state index contributed by atoms with van der Waals surface area (Å²) in [7, 11) is 1.39. The molecule has 2 aliphatic heterocycles. The van der Waals surface area contributed by atoms with Crippen LogP contribution in [-0.2, 0) is 25.4 Å². The van der Waals surface area contributed by atoms with E-state index in [0.717, 1.165) is 6.08 Å². The van der Waals surface area contributed by atoms with Crippen molar-refractivity contribution >= 4 is 23.0 Å². The molecule has 3 heterocycles. The fourth-order valence-corrected chi connectivity index (χ4v) is 4.99. The van der Waals surface area contributed by atoms with Gasteiger partial charge in [0.15, 0.2) is 29.1 Å². The molecule has 0 amide bonds. The lowest BCUT2D eigenvalue weighted by molar-refractivity contribution is -0.329. The first kappa shape index (κ1) is 30.3. The van der Waals surface area contributed by atoms with Gasteiger partial charge in [-0.2, -0.15) is 0 Å². The van der Waals surface area contributed by atoms with Crippen molar-refractivity contribution in [1.82, 2.24) is 0 Å². The maximum atomic E-state index is 12.3. The molecule has 0 spiro atoms. The summed E-state index contributed by atoms with van der Waals surface area (Å²) in [5.74, 6) is -0.802. The number of rotatable bonds is 8. The molecule has 230 valence electrons. The molecule has 13 nitrogen and oxygen atoms in total. The summed E-state index contributed by atoms with van der Waals surface area (Å²) in [6.07, 6.45) is -5.47. The zero-order valence-corrected chi connectivity index (χ0v) is 23.5. The Labute approximate surface area is 245 Å². The molecular weight excluding hydrogens is 568 g/mol. The number of hydrogen-bond acceptors (Lipinski definition) is 13. The first-order valence-electron chi connectivity index (χ1n) is 13.4. The van der Waals surface area contributed by atoms with Crippen molar-refractivity contribution in [2.75, 3.05) is 13.7 Å². The van der Waals surface area contributed by atoms with Gasteiger partial charge in [-0.25, -0.2) is 9.59 Å². The first-order chi connectivity index (χ1) is 20.4. The zero-order valence-electron chi connectivity index (χ0n) is 23.5. The van der Waals surface area contributed by atoms with Crippen LogP contribution in [0.1, 0.15) is 25.0 Å². The molecule has 5 N–H and O–H groups in total. The molecule has 3 aromatic rings. The molecular formula is C30H32O13. The van der Waals surface area contributed by atoms with Crippen molar-refractivity contribution in [3.63, 3.8) is 0 Å². The number of fused-ring (bicyclic) bond motifs is 2. The van der Waals surface area contributed by atoms with Crippen LogP contribution in [0.25, 0.3) is 17.0 Å². The van der Waals surface area contributed by atoms with Gasteiger partial charge >= 0.3 is 11.6 Å². The van der Waals surface area contributed by atoms with Crippen molar-refractivity contribution in [3.05, 3.63) is 64.0 Å². The van der Waals surface area contributed by atoms with Crippen LogP contribution in [0.4, 0.5) is 0 Å². The second kappa shape index (κ2) is 11.9. The van der Waals surface area contributed by atoms with Crippen molar-refractivity contribution in [2.45, 2.75) is 62.7 Å². The van der Waals surface area contributed by atoms with Crippen LogP contribution in [0.5, 0.6) is 23.0 Å². The number of hydrogen-bond donors (Lipinski definition) is 5. The van der Waals surface area contributed by atoms with E-state index in [4.69, 9.17) is 28.1 Å². The van der Waals surface area contributed by atoms with Crippen LogP contribution in [0, 0.1) is 0 Å². The fourth-order valence-electron chi connectivity index (χ4n) is 4.99. The molecule has 0 unspecified atom stereocenters. The predicted molar refractivity (Wildman–Crippen MR) is 149 cm³/mol. The second-order valence-corrected chi connectivity index (χ2v) is 10.8. The number of aliphatic hydroxyl groups is 3. The lowest BCUT2D eigenvalue weighted by atomic mass is 9.95. The van der Waals surface area contributed by atoms with Crippen molar-refractivity contribution < 1.29 is 58.4 Å². The van der Waals surface area contributed by atoms with Gasteiger partial charge in [0.1, 0.15) is 42.7 Å². The maximum Gasteiger partial charge on any atom is 0.336 e. The Balaban J connectivity index is 1.23. The number of aromatic hydroxyl groups is 2. The van der Waals surface area contributed by atoms with Crippen LogP contribution in [0.3, 0.4) is 0 Å². The Morgan fingerprint density at radius 2 is 1.84 bits per heavy atom. The number of methoxy groups -OCH3 is 1. The van der Waals surface area contributed by atoms with E-state index in [9.17, 15) is 35.1 Å². The van der Waals surface area contributed by atoms with E-state index in [-0.39, 0.29) is 28.6 Å². The average molecular weight is 601 g/mol. The quantitative estimate of drug-likeness (QED) is 0.141. The Hall–Kier alpha value is -4.14. The van der Waals surface area contributed by atoms with Crippen molar-refractivity contribution in [2.24, 2.45) is 0 Å². The predicted octanol–water partition coefficient (Wildman–Crippen LogP) is 1.38. The number of esters is 1. The van der Waals surface area contributed by atoms with Crippen LogP contribution in [-0.4, -0.2) is 87.6 Å². The maximum absolute atomic E-state index is 12.3. The SMILES string of the molecule is COc1cc(C=CC(=O)OC[C@H]2O[C@@H](OC(C)(C)[C@@H]3Cc4cc5ccc(=O)oc5c(O)c4O3)[C@H](O)[C@@H](O)[C@@H]2O)ccc1O. The van der Waals surface area contributed by atoms with E-state index in [2.05, 4.69) is 0 Å². The van der Waals surface area contributed by atoms with Crippen molar-refractivity contribution in [1.29, 1.82) is 0 Å². The Morgan fingerprint density at radius 3 is 2.58 bits per heavy atom. The monoisotopic (exact) mass is 600 g/mol. The third-order valence-electron chi connectivity index (χ3n) is 7.45. The molecule has 0 saturated carbocycles. The van der Waals surface area contributed by atoms with E-state index in [1.807, 2.05) is 0 Å². The highest BCUT2D eigenvalue weighted by Gasteiger charge is 2.49. The van der Waals surface area contributed by atoms with Gasteiger partial charge in [0.05, 0.1) is 7.11 Å². The van der Waals surface area contributed by atoms with E-state index in [1.54, 1.807) is 26.0 Å². The minimum atomic E-state index is -1.68. The fraction of sp³-hybridized carbons (Fsp3) is 0.400. The smallest absolute Gasteiger partial charge is 0.336 e. The first-order valence-corrected chi connectivity index (χ1v) is 13.4. The molecule has 1 saturated heterocycles. The number of carbonyl (C=O) groups excluding carboxylic acids is 1. The number of carbonyl (C=O) groups is 1. The molecule has 0 radical (unpaired) electrons. The van der Waals surface area contributed by atoms with Gasteiger partial charge in [0, 0.05) is 29.5 Å². The van der Waals surface area contributed by atoms with Crippen molar-refractivity contribution in [3.8, 4) is 23.0 Å². The lowest BCUT2D eigenvalue weighted by Crippen LogP contribution is -2.61. The molecule has 13 heteroatoms. The molecule has 2 aliphatic rings. The van der Waals surface area contributed by atoms with E-state index in [0.29, 0.717) is 22.9 Å². The summed E-state index contributed by atoms with van der Waals surface area (Å²) in [5.41, 5.74) is -0.619. The standard InChI is InChI=1S/C30H32O13/c1-30(2,20-12-16-11-15-6-9-22(33)42-27(15)26(37)28(16)41-20)43-29-25(36)24(35)23(34)19(40-29)13-39-21(32)8-5-14-4-7-17(31)18(10-14)38-3/h4-11,19-20,23-25,29,31,34-37H,12-13H2,1-3H3/t19-,20+,23-,24+,25-,29+/m1/s1. The average Bonchev–Trinajstić information content (AvgIpc) is 3.42. The highest BCUT2D eigenvalue weighted by atomic mass is 16.7. The number of benzene rings is 2. The normalized spacial score (nSPS) is 25.4. The third-order valence-corrected chi connectivity index (χ3v) is 7.45. The summed E-state index contributed by atoms with van der Waals surface area (Å²) in [4.78, 5) is 24.0. The van der Waals surface area contributed by atoms with Crippen LogP contribution >= 0.6 is 0 Å². The molecule has 0 aliphatic carbocycles. The second-order valence-electron chi connectivity index (χ2n) is 10.8. The van der Waals surface area contributed by atoms with Gasteiger partial charge in [-0.05, 0) is 49.8 Å². The van der Waals surface area contributed by atoms with Gasteiger partial charge in [-0.15, -0.1) is 0 Å². The topological polar surface area (TPSA) is 195 Å². The molecule has 1 aromatic heterocycles.